The summed E-state index contributed by atoms with van der Waals surface area (Å²) in [5, 5.41) is 3.10. The first-order valence-electron chi connectivity index (χ1n) is 7.91. The number of hydrogen-bond acceptors (Lipinski definition) is 5. The first-order valence-corrected chi connectivity index (χ1v) is 7.91. The van der Waals surface area contributed by atoms with Crippen molar-refractivity contribution in [2.45, 2.75) is 33.6 Å². The molecule has 0 aliphatic carbocycles. The van der Waals surface area contributed by atoms with Gasteiger partial charge < -0.3 is 14.8 Å². The van der Waals surface area contributed by atoms with E-state index in [0.29, 0.717) is 22.5 Å². The van der Waals surface area contributed by atoms with E-state index in [2.05, 4.69) is 5.32 Å². The van der Waals surface area contributed by atoms with Gasteiger partial charge in [0.25, 0.3) is 0 Å². The predicted molar refractivity (Wildman–Crippen MR) is 91.1 cm³/mol. The molecule has 0 saturated heterocycles. The second kappa shape index (κ2) is 7.34. The Morgan fingerprint density at radius 3 is 2.04 bits per heavy atom. The van der Waals surface area contributed by atoms with Gasteiger partial charge in [-0.15, -0.1) is 0 Å². The lowest BCUT2D eigenvalue weighted by atomic mass is 9.80. The van der Waals surface area contributed by atoms with Crippen LogP contribution in [0.5, 0.6) is 0 Å². The van der Waals surface area contributed by atoms with Gasteiger partial charge in [0.2, 0.25) is 0 Å². The highest BCUT2D eigenvalue weighted by molar-refractivity contribution is 5.99. The number of dihydropyridines is 1. The number of rotatable bonds is 4. The topological polar surface area (TPSA) is 64.6 Å². The molecule has 128 valence electrons. The van der Waals surface area contributed by atoms with Gasteiger partial charge in [0.1, 0.15) is 0 Å². The molecule has 1 aliphatic rings. The first-order chi connectivity index (χ1) is 11.4. The Morgan fingerprint density at radius 2 is 1.54 bits per heavy atom. The Balaban J connectivity index is 2.63. The summed E-state index contributed by atoms with van der Waals surface area (Å²) in [6.45, 7) is 7.63. The standard InChI is InChI=1S/C19H23NO4/c1-6-24-19(22)16-13(4)20-12(3)15(18(21)23-5)17(16)14-9-7-11(2)8-10-14/h7-10,17,20H,6H2,1-5H3. The van der Waals surface area contributed by atoms with Crippen LogP contribution in [0.4, 0.5) is 0 Å². The van der Waals surface area contributed by atoms with Gasteiger partial charge in [-0.1, -0.05) is 29.8 Å². The Kier molecular flexibility index (Phi) is 5.44. The highest BCUT2D eigenvalue weighted by atomic mass is 16.5. The average Bonchev–Trinajstić information content (AvgIpc) is 2.54. The Labute approximate surface area is 142 Å². The first kappa shape index (κ1) is 17.8. The van der Waals surface area contributed by atoms with Crippen LogP contribution in [0.1, 0.15) is 37.8 Å². The molecule has 5 heteroatoms. The zero-order chi connectivity index (χ0) is 17.9. The van der Waals surface area contributed by atoms with Crippen molar-refractivity contribution in [3.05, 3.63) is 57.9 Å². The van der Waals surface area contributed by atoms with Crippen LogP contribution in [-0.2, 0) is 19.1 Å². The summed E-state index contributed by atoms with van der Waals surface area (Å²) >= 11 is 0. The molecule has 1 N–H and O–H groups in total. The number of nitrogens with one attached hydrogen (secondary N) is 1. The summed E-state index contributed by atoms with van der Waals surface area (Å²) in [5.41, 5.74) is 4.18. The molecule has 1 aromatic rings. The van der Waals surface area contributed by atoms with Gasteiger partial charge in [0.15, 0.2) is 0 Å². The molecule has 1 heterocycles. The van der Waals surface area contributed by atoms with Crippen molar-refractivity contribution in [2.24, 2.45) is 0 Å². The summed E-state index contributed by atoms with van der Waals surface area (Å²) in [5.74, 6) is -1.40. The normalized spacial score (nSPS) is 17.5. The van der Waals surface area contributed by atoms with Crippen molar-refractivity contribution in [1.29, 1.82) is 0 Å². The predicted octanol–water partition coefficient (Wildman–Crippen LogP) is 2.97. The number of allylic oxidation sites excluding steroid dienone is 2. The summed E-state index contributed by atoms with van der Waals surface area (Å²) in [4.78, 5) is 24.9. The zero-order valence-corrected chi connectivity index (χ0v) is 14.7. The van der Waals surface area contributed by atoms with Crippen LogP contribution in [0.2, 0.25) is 0 Å². The lowest BCUT2D eigenvalue weighted by molar-refractivity contribution is -0.139. The van der Waals surface area contributed by atoms with Crippen molar-refractivity contribution in [3.8, 4) is 0 Å². The highest BCUT2D eigenvalue weighted by Gasteiger charge is 2.37. The van der Waals surface area contributed by atoms with Gasteiger partial charge >= 0.3 is 11.9 Å². The fourth-order valence-electron chi connectivity index (χ4n) is 2.95. The van der Waals surface area contributed by atoms with Crippen LogP contribution in [-0.4, -0.2) is 25.7 Å². The van der Waals surface area contributed by atoms with Gasteiger partial charge in [-0.3, -0.25) is 0 Å². The van der Waals surface area contributed by atoms with Crippen molar-refractivity contribution < 1.29 is 19.1 Å². The number of hydrogen-bond donors (Lipinski definition) is 1. The van der Waals surface area contributed by atoms with Crippen LogP contribution in [0, 0.1) is 6.92 Å². The third-order valence-electron chi connectivity index (χ3n) is 4.07. The maximum absolute atomic E-state index is 12.5. The number of aryl methyl sites for hydroxylation is 1. The SMILES string of the molecule is CCOC(=O)C1=C(C)NC(C)=C(C(=O)OC)C1c1ccc(C)cc1. The average molecular weight is 329 g/mol. The minimum absolute atomic E-state index is 0.270. The van der Waals surface area contributed by atoms with Crippen molar-refractivity contribution in [2.75, 3.05) is 13.7 Å². The molecule has 1 aromatic carbocycles. The maximum atomic E-state index is 12.5. The Hall–Kier alpha value is -2.56. The number of ether oxygens (including phenoxy) is 2. The molecule has 0 fully saturated rings. The highest BCUT2D eigenvalue weighted by Crippen LogP contribution is 2.39. The van der Waals surface area contributed by atoms with E-state index < -0.39 is 17.9 Å². The largest absolute Gasteiger partial charge is 0.466 e. The van der Waals surface area contributed by atoms with Gasteiger partial charge in [0.05, 0.1) is 30.8 Å². The molecular weight excluding hydrogens is 306 g/mol. The molecule has 0 spiro atoms. The lowest BCUT2D eigenvalue weighted by Crippen LogP contribution is -2.32. The number of carbonyl (C=O) groups excluding carboxylic acids is 2. The van der Waals surface area contributed by atoms with E-state index in [1.54, 1.807) is 13.8 Å². The van der Waals surface area contributed by atoms with E-state index in [-0.39, 0.29) is 6.61 Å². The van der Waals surface area contributed by atoms with E-state index >= 15 is 0 Å². The molecule has 1 aliphatic heterocycles. The van der Waals surface area contributed by atoms with E-state index in [1.807, 2.05) is 38.1 Å². The minimum atomic E-state index is -0.515. The fourth-order valence-corrected chi connectivity index (χ4v) is 2.95. The molecule has 0 radical (unpaired) electrons. The summed E-state index contributed by atoms with van der Waals surface area (Å²) in [6, 6.07) is 7.77. The number of carbonyl (C=O) groups is 2. The third-order valence-corrected chi connectivity index (χ3v) is 4.07. The van der Waals surface area contributed by atoms with E-state index in [0.717, 1.165) is 11.1 Å². The number of benzene rings is 1. The monoisotopic (exact) mass is 329 g/mol. The van der Waals surface area contributed by atoms with Crippen LogP contribution in [0.15, 0.2) is 46.8 Å². The molecule has 0 amide bonds. The smallest absolute Gasteiger partial charge is 0.336 e. The summed E-state index contributed by atoms with van der Waals surface area (Å²) < 4.78 is 10.2. The molecule has 0 aromatic heterocycles. The van der Waals surface area contributed by atoms with E-state index in [1.165, 1.54) is 7.11 Å². The van der Waals surface area contributed by atoms with Crippen LogP contribution >= 0.6 is 0 Å². The van der Waals surface area contributed by atoms with Gasteiger partial charge in [-0.05, 0) is 33.3 Å². The van der Waals surface area contributed by atoms with Crippen LogP contribution in [0.25, 0.3) is 0 Å². The summed E-state index contributed by atoms with van der Waals surface area (Å²) in [6.07, 6.45) is 0. The molecule has 1 unspecified atom stereocenters. The molecule has 0 saturated carbocycles. The fraction of sp³-hybridized carbons (Fsp3) is 0.368. The molecule has 0 bridgehead atoms. The van der Waals surface area contributed by atoms with Crippen molar-refractivity contribution >= 4 is 11.9 Å². The van der Waals surface area contributed by atoms with E-state index in [4.69, 9.17) is 9.47 Å². The van der Waals surface area contributed by atoms with E-state index in [9.17, 15) is 9.59 Å². The van der Waals surface area contributed by atoms with Gasteiger partial charge in [-0.25, -0.2) is 9.59 Å². The molecule has 24 heavy (non-hydrogen) atoms. The molecule has 5 nitrogen and oxygen atoms in total. The summed E-state index contributed by atoms with van der Waals surface area (Å²) in [7, 11) is 1.34. The van der Waals surface area contributed by atoms with Gasteiger partial charge in [0, 0.05) is 11.4 Å². The second-order valence-electron chi connectivity index (χ2n) is 5.76. The maximum Gasteiger partial charge on any atom is 0.336 e. The van der Waals surface area contributed by atoms with Crippen LogP contribution in [0.3, 0.4) is 0 Å². The minimum Gasteiger partial charge on any atom is -0.466 e. The molecule has 2 rings (SSSR count). The van der Waals surface area contributed by atoms with Crippen molar-refractivity contribution in [1.82, 2.24) is 5.32 Å². The third kappa shape index (κ3) is 3.35. The Bertz CT molecular complexity index is 713. The number of methoxy groups -OCH3 is 1. The van der Waals surface area contributed by atoms with Crippen LogP contribution < -0.4 is 5.32 Å². The zero-order valence-electron chi connectivity index (χ0n) is 14.7. The van der Waals surface area contributed by atoms with Crippen molar-refractivity contribution in [3.63, 3.8) is 0 Å². The second-order valence-corrected chi connectivity index (χ2v) is 5.76. The Morgan fingerprint density at radius 1 is 1.00 bits per heavy atom. The molecular formula is C19H23NO4. The lowest BCUT2D eigenvalue weighted by Gasteiger charge is -2.30. The van der Waals surface area contributed by atoms with Gasteiger partial charge in [-0.2, -0.15) is 0 Å². The number of esters is 2. The quantitative estimate of drug-likeness (QED) is 0.860. The molecule has 1 atom stereocenters.